The van der Waals surface area contributed by atoms with Crippen LogP contribution in [0.5, 0.6) is 0 Å². The standard InChI is InChI=1S/C20H31FN4O.3ClH/c1-15(23-20(26)6-3-16-7-8-22-14-16)18-13-17(21)4-5-19(18)25-11-9-24(2)10-12-25;;;/h4-5,13,15-16,22H,3,6-12,14H2,1-2H3,(H,23,26);3*1H. The van der Waals surface area contributed by atoms with E-state index in [0.29, 0.717) is 12.3 Å². The predicted octanol–water partition coefficient (Wildman–Crippen LogP) is 3.41. The van der Waals surface area contributed by atoms with Crippen molar-refractivity contribution in [2.24, 2.45) is 5.92 Å². The third-order valence-electron chi connectivity index (χ3n) is 5.62. The number of nitrogens with one attached hydrogen (secondary N) is 2. The maximum atomic E-state index is 13.9. The number of amides is 1. The molecule has 168 valence electrons. The second kappa shape index (κ2) is 13.5. The topological polar surface area (TPSA) is 47.6 Å². The number of halogens is 4. The molecular weight excluding hydrogens is 438 g/mol. The van der Waals surface area contributed by atoms with Crippen LogP contribution in [-0.2, 0) is 4.79 Å². The molecule has 2 unspecified atom stereocenters. The molecule has 29 heavy (non-hydrogen) atoms. The first-order valence-electron chi connectivity index (χ1n) is 9.76. The van der Waals surface area contributed by atoms with Crippen molar-refractivity contribution < 1.29 is 9.18 Å². The zero-order valence-electron chi connectivity index (χ0n) is 17.2. The summed E-state index contributed by atoms with van der Waals surface area (Å²) in [4.78, 5) is 16.9. The van der Waals surface area contributed by atoms with Crippen molar-refractivity contribution >= 4 is 48.8 Å². The summed E-state index contributed by atoms with van der Waals surface area (Å²) in [6, 6.07) is 4.73. The van der Waals surface area contributed by atoms with Gasteiger partial charge in [0.25, 0.3) is 0 Å². The van der Waals surface area contributed by atoms with Crippen LogP contribution in [0, 0.1) is 11.7 Å². The van der Waals surface area contributed by atoms with E-state index < -0.39 is 0 Å². The second-order valence-corrected chi connectivity index (χ2v) is 7.68. The fourth-order valence-electron chi connectivity index (χ4n) is 3.89. The minimum absolute atomic E-state index is 0. The summed E-state index contributed by atoms with van der Waals surface area (Å²) in [5, 5.41) is 6.41. The Labute approximate surface area is 192 Å². The van der Waals surface area contributed by atoms with Crippen LogP contribution in [0.15, 0.2) is 18.2 Å². The zero-order chi connectivity index (χ0) is 18.5. The van der Waals surface area contributed by atoms with Gasteiger partial charge in [-0.3, -0.25) is 4.79 Å². The van der Waals surface area contributed by atoms with Gasteiger partial charge in [-0.2, -0.15) is 0 Å². The van der Waals surface area contributed by atoms with Gasteiger partial charge in [0, 0.05) is 43.9 Å². The minimum atomic E-state index is -0.254. The van der Waals surface area contributed by atoms with Crippen LogP contribution in [0.3, 0.4) is 0 Å². The number of carbonyl (C=O) groups is 1. The molecule has 2 saturated heterocycles. The van der Waals surface area contributed by atoms with Gasteiger partial charge in [0.2, 0.25) is 5.91 Å². The van der Waals surface area contributed by atoms with Crippen LogP contribution < -0.4 is 15.5 Å². The molecule has 2 atom stereocenters. The first-order valence-corrected chi connectivity index (χ1v) is 9.76. The molecule has 2 fully saturated rings. The molecule has 0 spiro atoms. The van der Waals surface area contributed by atoms with Crippen LogP contribution in [0.25, 0.3) is 0 Å². The number of likely N-dealkylation sites (N-methyl/N-ethyl adjacent to an activating group) is 1. The van der Waals surface area contributed by atoms with E-state index in [1.807, 2.05) is 13.0 Å². The molecule has 5 nitrogen and oxygen atoms in total. The predicted molar refractivity (Wildman–Crippen MR) is 125 cm³/mol. The molecule has 0 saturated carbocycles. The van der Waals surface area contributed by atoms with Crippen molar-refractivity contribution in [3.8, 4) is 0 Å². The van der Waals surface area contributed by atoms with Gasteiger partial charge in [0.05, 0.1) is 6.04 Å². The molecule has 0 radical (unpaired) electrons. The highest BCUT2D eigenvalue weighted by Gasteiger charge is 2.22. The molecule has 9 heteroatoms. The van der Waals surface area contributed by atoms with Gasteiger partial charge >= 0.3 is 0 Å². The highest BCUT2D eigenvalue weighted by molar-refractivity contribution is 5.86. The lowest BCUT2D eigenvalue weighted by Crippen LogP contribution is -2.45. The van der Waals surface area contributed by atoms with Crippen molar-refractivity contribution in [2.75, 3.05) is 51.2 Å². The van der Waals surface area contributed by atoms with E-state index in [0.717, 1.165) is 63.4 Å². The molecular formula is C20H34Cl3FN4O. The number of hydrogen-bond donors (Lipinski definition) is 2. The Balaban J connectivity index is 0.00000261. The van der Waals surface area contributed by atoms with Gasteiger partial charge in [0.15, 0.2) is 0 Å². The summed E-state index contributed by atoms with van der Waals surface area (Å²) in [6.45, 7) is 7.85. The molecule has 2 aliphatic heterocycles. The average Bonchev–Trinajstić information content (AvgIpc) is 3.14. The van der Waals surface area contributed by atoms with E-state index in [-0.39, 0.29) is 55.0 Å². The first kappa shape index (κ1) is 28.2. The number of piperazine rings is 1. The summed E-state index contributed by atoms with van der Waals surface area (Å²) in [5.41, 5.74) is 1.90. The van der Waals surface area contributed by atoms with E-state index in [4.69, 9.17) is 0 Å². The Morgan fingerprint density at radius 2 is 1.93 bits per heavy atom. The van der Waals surface area contributed by atoms with Crippen molar-refractivity contribution in [3.63, 3.8) is 0 Å². The average molecular weight is 472 g/mol. The fourth-order valence-corrected chi connectivity index (χ4v) is 3.89. The molecule has 2 aliphatic rings. The summed E-state index contributed by atoms with van der Waals surface area (Å²) in [6.07, 6.45) is 2.61. The number of carbonyl (C=O) groups excluding carboxylic acids is 1. The maximum Gasteiger partial charge on any atom is 0.220 e. The maximum absolute atomic E-state index is 13.9. The van der Waals surface area contributed by atoms with Gasteiger partial charge in [-0.05, 0) is 64.0 Å². The lowest BCUT2D eigenvalue weighted by atomic mass is 10.0. The molecule has 1 aromatic carbocycles. The molecule has 3 rings (SSSR count). The van der Waals surface area contributed by atoms with Gasteiger partial charge in [-0.1, -0.05) is 0 Å². The molecule has 0 aliphatic carbocycles. The van der Waals surface area contributed by atoms with E-state index in [1.54, 1.807) is 6.07 Å². The van der Waals surface area contributed by atoms with Crippen molar-refractivity contribution in [1.82, 2.24) is 15.5 Å². The summed E-state index contributed by atoms with van der Waals surface area (Å²) < 4.78 is 13.9. The summed E-state index contributed by atoms with van der Waals surface area (Å²) in [5.74, 6) is 0.403. The van der Waals surface area contributed by atoms with Gasteiger partial charge < -0.3 is 20.4 Å². The Hall–Kier alpha value is -0.790. The quantitative estimate of drug-likeness (QED) is 0.667. The third-order valence-corrected chi connectivity index (χ3v) is 5.62. The number of rotatable bonds is 6. The van der Waals surface area contributed by atoms with Gasteiger partial charge in [0.1, 0.15) is 5.82 Å². The summed E-state index contributed by atoms with van der Waals surface area (Å²) >= 11 is 0. The smallest absolute Gasteiger partial charge is 0.220 e. The Bertz CT molecular complexity index is 624. The number of hydrogen-bond acceptors (Lipinski definition) is 4. The molecule has 1 amide bonds. The zero-order valence-corrected chi connectivity index (χ0v) is 19.6. The van der Waals surface area contributed by atoms with Crippen molar-refractivity contribution in [1.29, 1.82) is 0 Å². The Morgan fingerprint density at radius 1 is 1.24 bits per heavy atom. The second-order valence-electron chi connectivity index (χ2n) is 7.68. The number of anilines is 1. The van der Waals surface area contributed by atoms with E-state index in [2.05, 4.69) is 27.5 Å². The van der Waals surface area contributed by atoms with Crippen LogP contribution in [0.4, 0.5) is 10.1 Å². The molecule has 2 heterocycles. The minimum Gasteiger partial charge on any atom is -0.369 e. The van der Waals surface area contributed by atoms with Crippen LogP contribution >= 0.6 is 37.2 Å². The van der Waals surface area contributed by atoms with Crippen molar-refractivity contribution in [2.45, 2.75) is 32.2 Å². The first-order chi connectivity index (χ1) is 12.5. The Morgan fingerprint density at radius 3 is 2.55 bits per heavy atom. The number of benzene rings is 1. The third kappa shape index (κ3) is 8.10. The normalized spacial score (nSPS) is 20.1. The monoisotopic (exact) mass is 470 g/mol. The molecule has 0 bridgehead atoms. The van der Waals surface area contributed by atoms with Gasteiger partial charge in [-0.15, -0.1) is 37.2 Å². The van der Waals surface area contributed by atoms with Crippen molar-refractivity contribution in [3.05, 3.63) is 29.6 Å². The van der Waals surface area contributed by atoms with Crippen LogP contribution in [0.1, 0.15) is 37.8 Å². The largest absolute Gasteiger partial charge is 0.369 e. The van der Waals surface area contributed by atoms with E-state index in [1.165, 1.54) is 6.07 Å². The van der Waals surface area contributed by atoms with E-state index >= 15 is 0 Å². The fraction of sp³-hybridized carbons (Fsp3) is 0.650. The van der Waals surface area contributed by atoms with E-state index in [9.17, 15) is 9.18 Å². The van der Waals surface area contributed by atoms with Gasteiger partial charge in [-0.25, -0.2) is 4.39 Å². The highest BCUT2D eigenvalue weighted by atomic mass is 35.5. The van der Waals surface area contributed by atoms with Crippen LogP contribution in [0.2, 0.25) is 0 Å². The lowest BCUT2D eigenvalue weighted by Gasteiger charge is -2.36. The lowest BCUT2D eigenvalue weighted by molar-refractivity contribution is -0.122. The summed E-state index contributed by atoms with van der Waals surface area (Å²) in [7, 11) is 2.12. The Kier molecular flexibility index (Phi) is 13.1. The molecule has 0 aromatic heterocycles. The SMILES string of the molecule is CC(NC(=O)CCC1CCNC1)c1cc(F)ccc1N1CCN(C)CC1.Cl.Cl.Cl. The van der Waals surface area contributed by atoms with Crippen LogP contribution in [-0.4, -0.2) is 57.1 Å². The number of nitrogens with zero attached hydrogens (tertiary/aromatic N) is 2. The molecule has 1 aromatic rings. The highest BCUT2D eigenvalue weighted by Crippen LogP contribution is 2.28. The molecule has 2 N–H and O–H groups in total.